The predicted molar refractivity (Wildman–Crippen MR) is 67.5 cm³/mol. The molecule has 5 nitrogen and oxygen atoms in total. The summed E-state index contributed by atoms with van der Waals surface area (Å²) >= 11 is 0. The highest BCUT2D eigenvalue weighted by Gasteiger charge is 2.56. The highest BCUT2D eigenvalue weighted by Crippen LogP contribution is 2.56. The van der Waals surface area contributed by atoms with Crippen LogP contribution in [0.25, 0.3) is 0 Å². The minimum absolute atomic E-state index is 0.0126. The molecule has 0 aromatic rings. The zero-order valence-electron chi connectivity index (χ0n) is 11.1. The molecule has 0 bridgehead atoms. The maximum absolute atomic E-state index is 12.5. The molecule has 3 fully saturated rings. The summed E-state index contributed by atoms with van der Waals surface area (Å²) in [6.45, 7) is 1.53. The average Bonchev–Trinajstić information content (AvgIpc) is 3.11. The van der Waals surface area contributed by atoms with Gasteiger partial charge in [0.15, 0.2) is 0 Å². The molecule has 0 radical (unpaired) electrons. The monoisotopic (exact) mass is 267 g/mol. The molecular formula is C14H21NO4. The van der Waals surface area contributed by atoms with Crippen LogP contribution in [0.3, 0.4) is 0 Å². The molecule has 3 aliphatic rings. The fourth-order valence-corrected chi connectivity index (χ4v) is 3.81. The van der Waals surface area contributed by atoms with Gasteiger partial charge in [0.1, 0.15) is 0 Å². The maximum Gasteiger partial charge on any atom is 0.306 e. The van der Waals surface area contributed by atoms with Crippen LogP contribution in [0.4, 0.5) is 0 Å². The number of carboxylic acid groups (broad SMARTS) is 1. The summed E-state index contributed by atoms with van der Waals surface area (Å²) in [7, 11) is 0. The number of ether oxygens (including phenoxy) is 1. The van der Waals surface area contributed by atoms with Crippen molar-refractivity contribution in [1.82, 2.24) is 4.90 Å². The normalized spacial score (nSPS) is 37.6. The van der Waals surface area contributed by atoms with Gasteiger partial charge in [0.2, 0.25) is 5.91 Å². The Morgan fingerprint density at radius 3 is 2.53 bits per heavy atom. The third kappa shape index (κ3) is 2.61. The van der Waals surface area contributed by atoms with Crippen molar-refractivity contribution in [2.24, 2.45) is 17.8 Å². The Morgan fingerprint density at radius 1 is 1.21 bits per heavy atom. The number of carbonyl (C=O) groups excluding carboxylic acids is 1. The van der Waals surface area contributed by atoms with E-state index in [2.05, 4.69) is 0 Å². The number of hydrogen-bond donors (Lipinski definition) is 1. The first-order chi connectivity index (χ1) is 9.16. The summed E-state index contributed by atoms with van der Waals surface area (Å²) in [4.78, 5) is 25.0. The van der Waals surface area contributed by atoms with Crippen molar-refractivity contribution in [3.8, 4) is 0 Å². The molecule has 1 saturated heterocycles. The summed E-state index contributed by atoms with van der Waals surface area (Å²) in [5, 5.41) is 8.80. The predicted octanol–water partition coefficient (Wildman–Crippen LogP) is 1.12. The average molecular weight is 267 g/mol. The molecule has 3 rings (SSSR count). The van der Waals surface area contributed by atoms with Gasteiger partial charge in [-0.3, -0.25) is 9.59 Å². The van der Waals surface area contributed by atoms with Gasteiger partial charge < -0.3 is 14.7 Å². The Balaban J connectivity index is 1.56. The zero-order valence-corrected chi connectivity index (χ0v) is 11.1. The van der Waals surface area contributed by atoms with Gasteiger partial charge in [-0.25, -0.2) is 0 Å². The van der Waals surface area contributed by atoms with E-state index in [1.807, 2.05) is 4.90 Å². The summed E-state index contributed by atoms with van der Waals surface area (Å²) in [5.74, 6) is 0.838. The van der Waals surface area contributed by atoms with Crippen molar-refractivity contribution in [3.63, 3.8) is 0 Å². The molecule has 1 amide bonds. The van der Waals surface area contributed by atoms with Crippen LogP contribution in [0.15, 0.2) is 0 Å². The lowest BCUT2D eigenvalue weighted by Crippen LogP contribution is -2.47. The minimum Gasteiger partial charge on any atom is -0.481 e. The zero-order chi connectivity index (χ0) is 13.4. The van der Waals surface area contributed by atoms with Gasteiger partial charge in [0.05, 0.1) is 19.1 Å². The summed E-state index contributed by atoms with van der Waals surface area (Å²) < 4.78 is 5.41. The number of nitrogens with zero attached hydrogens (tertiary/aromatic N) is 1. The fourth-order valence-electron chi connectivity index (χ4n) is 3.81. The van der Waals surface area contributed by atoms with Crippen LogP contribution in [-0.2, 0) is 14.3 Å². The molecule has 2 aliphatic carbocycles. The van der Waals surface area contributed by atoms with Crippen molar-refractivity contribution < 1.29 is 19.4 Å². The largest absolute Gasteiger partial charge is 0.481 e. The molecule has 106 valence electrons. The van der Waals surface area contributed by atoms with E-state index in [9.17, 15) is 9.59 Å². The first-order valence-corrected chi connectivity index (χ1v) is 7.29. The number of rotatable bonds is 3. The van der Waals surface area contributed by atoms with E-state index in [0.717, 1.165) is 0 Å². The van der Waals surface area contributed by atoms with Gasteiger partial charge in [-0.05, 0) is 24.7 Å². The summed E-state index contributed by atoms with van der Waals surface area (Å²) in [5.41, 5.74) is 0. The smallest absolute Gasteiger partial charge is 0.306 e. The molecule has 5 heteroatoms. The number of amides is 1. The van der Waals surface area contributed by atoms with E-state index >= 15 is 0 Å². The van der Waals surface area contributed by atoms with E-state index in [-0.39, 0.29) is 24.3 Å². The van der Waals surface area contributed by atoms with E-state index in [4.69, 9.17) is 9.84 Å². The number of fused-ring (bicyclic) bond motifs is 1. The second-order valence-electron chi connectivity index (χ2n) is 6.01. The molecule has 0 aromatic heterocycles. The van der Waals surface area contributed by atoms with E-state index < -0.39 is 5.97 Å². The van der Waals surface area contributed by atoms with Crippen LogP contribution < -0.4 is 0 Å². The van der Waals surface area contributed by atoms with Gasteiger partial charge in [-0.1, -0.05) is 12.8 Å². The number of aliphatic carboxylic acids is 1. The number of morpholine rings is 1. The lowest BCUT2D eigenvalue weighted by molar-refractivity contribution is -0.148. The Morgan fingerprint density at radius 2 is 1.89 bits per heavy atom. The third-order valence-electron chi connectivity index (χ3n) is 4.79. The van der Waals surface area contributed by atoms with Crippen molar-refractivity contribution in [2.45, 2.75) is 38.2 Å². The van der Waals surface area contributed by atoms with Crippen LogP contribution in [0.2, 0.25) is 0 Å². The lowest BCUT2D eigenvalue weighted by atomic mass is 10.0. The van der Waals surface area contributed by atoms with Crippen LogP contribution in [0.5, 0.6) is 0 Å². The SMILES string of the molecule is O=C(O)CC1CN(C(=O)C2C3CCCCC32)CCO1. The Kier molecular flexibility index (Phi) is 3.48. The third-order valence-corrected chi connectivity index (χ3v) is 4.79. The van der Waals surface area contributed by atoms with Gasteiger partial charge >= 0.3 is 5.97 Å². The first kappa shape index (κ1) is 12.9. The molecule has 3 unspecified atom stereocenters. The number of carboxylic acids is 1. The number of hydrogen-bond acceptors (Lipinski definition) is 3. The Labute approximate surface area is 112 Å². The molecule has 2 saturated carbocycles. The van der Waals surface area contributed by atoms with Gasteiger partial charge in [0.25, 0.3) is 0 Å². The molecule has 19 heavy (non-hydrogen) atoms. The van der Waals surface area contributed by atoms with E-state index in [1.54, 1.807) is 0 Å². The minimum atomic E-state index is -0.862. The van der Waals surface area contributed by atoms with Crippen molar-refractivity contribution in [1.29, 1.82) is 0 Å². The fraction of sp³-hybridized carbons (Fsp3) is 0.857. The summed E-state index contributed by atoms with van der Waals surface area (Å²) in [6.07, 6.45) is 4.57. The highest BCUT2D eigenvalue weighted by molar-refractivity contribution is 5.82. The Bertz CT molecular complexity index is 372. The molecule has 0 aromatic carbocycles. The molecule has 1 aliphatic heterocycles. The lowest BCUT2D eigenvalue weighted by Gasteiger charge is -2.32. The molecule has 3 atom stereocenters. The Hall–Kier alpha value is -1.10. The van der Waals surface area contributed by atoms with Crippen LogP contribution in [-0.4, -0.2) is 47.7 Å². The van der Waals surface area contributed by atoms with Gasteiger partial charge in [-0.2, -0.15) is 0 Å². The summed E-state index contributed by atoms with van der Waals surface area (Å²) in [6, 6.07) is 0. The van der Waals surface area contributed by atoms with Crippen molar-refractivity contribution in [3.05, 3.63) is 0 Å². The molecule has 1 heterocycles. The molecule has 0 spiro atoms. The van der Waals surface area contributed by atoms with Gasteiger partial charge in [0, 0.05) is 19.0 Å². The van der Waals surface area contributed by atoms with E-state index in [0.29, 0.717) is 31.5 Å². The second kappa shape index (κ2) is 5.12. The number of carbonyl (C=O) groups is 2. The van der Waals surface area contributed by atoms with Gasteiger partial charge in [-0.15, -0.1) is 0 Å². The molecular weight excluding hydrogens is 246 g/mol. The van der Waals surface area contributed by atoms with Crippen LogP contribution in [0, 0.1) is 17.8 Å². The van der Waals surface area contributed by atoms with Crippen LogP contribution >= 0.6 is 0 Å². The van der Waals surface area contributed by atoms with E-state index in [1.165, 1.54) is 25.7 Å². The highest BCUT2D eigenvalue weighted by atomic mass is 16.5. The van der Waals surface area contributed by atoms with Crippen LogP contribution in [0.1, 0.15) is 32.1 Å². The van der Waals surface area contributed by atoms with Crippen molar-refractivity contribution in [2.75, 3.05) is 19.7 Å². The maximum atomic E-state index is 12.5. The standard InChI is InChI=1S/C14H21NO4/c16-12(17)7-9-8-15(5-6-19-9)14(18)13-10-3-1-2-4-11(10)13/h9-11,13H,1-8H2,(H,16,17). The quantitative estimate of drug-likeness (QED) is 0.832. The topological polar surface area (TPSA) is 66.8 Å². The first-order valence-electron chi connectivity index (χ1n) is 7.29. The second-order valence-corrected chi connectivity index (χ2v) is 6.01. The van der Waals surface area contributed by atoms with Crippen molar-refractivity contribution >= 4 is 11.9 Å². The molecule has 1 N–H and O–H groups in total.